The first-order chi connectivity index (χ1) is 12.0. The Hall–Kier alpha value is -2.44. The molecule has 0 bridgehead atoms. The van der Waals surface area contributed by atoms with Gasteiger partial charge in [-0.1, -0.05) is 20.8 Å². The summed E-state index contributed by atoms with van der Waals surface area (Å²) >= 11 is 0. The normalized spacial score (nSPS) is 12.2. The minimum atomic E-state index is -0.0965. The van der Waals surface area contributed by atoms with E-state index in [9.17, 15) is 4.79 Å². The monoisotopic (exact) mass is 345 g/mol. The topological polar surface area (TPSA) is 81.9 Å². The van der Waals surface area contributed by atoms with Gasteiger partial charge in [-0.25, -0.2) is 4.68 Å². The molecule has 0 aliphatic carbocycles. The molecule has 2 aromatic rings. The molecule has 0 saturated carbocycles. The molecule has 2 aromatic heterocycles. The maximum atomic E-state index is 12.6. The van der Waals surface area contributed by atoms with E-state index >= 15 is 0 Å². The highest BCUT2D eigenvalue weighted by atomic mass is 16.5. The van der Waals surface area contributed by atoms with E-state index in [1.165, 1.54) is 7.11 Å². The minimum Gasteiger partial charge on any atom is -0.480 e. The van der Waals surface area contributed by atoms with Crippen molar-refractivity contribution in [1.82, 2.24) is 25.3 Å². The lowest BCUT2D eigenvalue weighted by Crippen LogP contribution is -2.33. The lowest BCUT2D eigenvalue weighted by molar-refractivity contribution is 0.0936. The van der Waals surface area contributed by atoms with E-state index in [2.05, 4.69) is 34.5 Å². The zero-order chi connectivity index (χ0) is 18.4. The zero-order valence-corrected chi connectivity index (χ0v) is 15.6. The molecule has 7 nitrogen and oxygen atoms in total. The Kier molecular flexibility index (Phi) is 6.50. The highest BCUT2D eigenvalue weighted by molar-refractivity contribution is 5.95. The Morgan fingerprint density at radius 1 is 1.24 bits per heavy atom. The van der Waals surface area contributed by atoms with E-state index in [0.717, 1.165) is 18.5 Å². The summed E-state index contributed by atoms with van der Waals surface area (Å²) in [6, 6.07) is 3.62. The molecule has 0 aliphatic heterocycles. The van der Waals surface area contributed by atoms with Crippen LogP contribution in [0.5, 0.6) is 5.88 Å². The number of amides is 1. The summed E-state index contributed by atoms with van der Waals surface area (Å²) in [5.74, 6) is 1.53. The molecule has 0 aromatic carbocycles. The molecule has 136 valence electrons. The number of ether oxygens (including phenoxy) is 1. The second kappa shape index (κ2) is 8.60. The van der Waals surface area contributed by atoms with Crippen molar-refractivity contribution in [3.05, 3.63) is 29.6 Å². The molecule has 1 atom stereocenters. The number of nitrogens with one attached hydrogen (secondary N) is 1. The van der Waals surface area contributed by atoms with Crippen molar-refractivity contribution in [2.75, 3.05) is 7.11 Å². The van der Waals surface area contributed by atoms with Gasteiger partial charge in [-0.05, 0) is 38.2 Å². The van der Waals surface area contributed by atoms with Crippen LogP contribution < -0.4 is 10.1 Å². The smallest absolute Gasteiger partial charge is 0.254 e. The van der Waals surface area contributed by atoms with Gasteiger partial charge >= 0.3 is 0 Å². The molecule has 0 fully saturated rings. The number of rotatable bonds is 8. The van der Waals surface area contributed by atoms with Gasteiger partial charge in [0.25, 0.3) is 5.91 Å². The van der Waals surface area contributed by atoms with E-state index in [4.69, 9.17) is 4.74 Å². The third-order valence-corrected chi connectivity index (χ3v) is 4.06. The summed E-state index contributed by atoms with van der Waals surface area (Å²) in [5, 5.41) is 15.5. The maximum Gasteiger partial charge on any atom is 0.254 e. The summed E-state index contributed by atoms with van der Waals surface area (Å²) in [4.78, 5) is 12.6. The van der Waals surface area contributed by atoms with Crippen LogP contribution in [0.4, 0.5) is 0 Å². The summed E-state index contributed by atoms with van der Waals surface area (Å²) in [7, 11) is 1.54. The van der Waals surface area contributed by atoms with Crippen molar-refractivity contribution in [2.24, 2.45) is 5.92 Å². The van der Waals surface area contributed by atoms with Crippen LogP contribution in [-0.4, -0.2) is 39.0 Å². The summed E-state index contributed by atoms with van der Waals surface area (Å²) in [6.07, 6.45) is 4.30. The number of hydrogen-bond acceptors (Lipinski definition) is 5. The van der Waals surface area contributed by atoms with Gasteiger partial charge in [0.15, 0.2) is 5.82 Å². The predicted octanol–water partition coefficient (Wildman–Crippen LogP) is 2.79. The molecule has 0 unspecified atom stereocenters. The maximum absolute atomic E-state index is 12.6. The van der Waals surface area contributed by atoms with Crippen LogP contribution in [0.3, 0.4) is 0 Å². The van der Waals surface area contributed by atoms with Crippen molar-refractivity contribution in [2.45, 2.75) is 53.0 Å². The lowest BCUT2D eigenvalue weighted by Gasteiger charge is -2.15. The van der Waals surface area contributed by atoms with E-state index in [0.29, 0.717) is 29.6 Å². The fourth-order valence-corrected chi connectivity index (χ4v) is 2.59. The average Bonchev–Trinajstić information content (AvgIpc) is 3.04. The van der Waals surface area contributed by atoms with Gasteiger partial charge in [-0.15, -0.1) is 10.2 Å². The summed E-state index contributed by atoms with van der Waals surface area (Å²) < 4.78 is 6.67. The minimum absolute atomic E-state index is 0.0965. The number of carbonyl (C=O) groups excluding carboxylic acids is 1. The van der Waals surface area contributed by atoms with Crippen LogP contribution in [0.15, 0.2) is 18.3 Å². The Balaban J connectivity index is 2.16. The van der Waals surface area contributed by atoms with Gasteiger partial charge in [-0.3, -0.25) is 4.79 Å². The van der Waals surface area contributed by atoms with E-state index in [-0.39, 0.29) is 11.9 Å². The molecule has 0 aliphatic rings. The largest absolute Gasteiger partial charge is 0.480 e. The first-order valence-electron chi connectivity index (χ1n) is 8.72. The standard InChI is InChI=1S/C18H27N5O2/c1-6-15-14(18(24)20-13(4)8-7-12(2)3)11-19-23(15)16-9-10-17(25-5)22-21-16/h9-13H,6-8H2,1-5H3,(H,20,24)/t13-/m1/s1. The molecule has 7 heteroatoms. The SMILES string of the molecule is CCc1c(C(=O)N[C@H](C)CCC(C)C)cnn1-c1ccc(OC)nn1. The molecular formula is C18H27N5O2. The highest BCUT2D eigenvalue weighted by Gasteiger charge is 2.19. The van der Waals surface area contributed by atoms with E-state index < -0.39 is 0 Å². The molecule has 2 rings (SSSR count). The molecule has 25 heavy (non-hydrogen) atoms. The molecule has 1 N–H and O–H groups in total. The zero-order valence-electron chi connectivity index (χ0n) is 15.6. The second-order valence-corrected chi connectivity index (χ2v) is 6.55. The fraction of sp³-hybridized carbons (Fsp3) is 0.556. The Morgan fingerprint density at radius 3 is 2.56 bits per heavy atom. The summed E-state index contributed by atoms with van der Waals surface area (Å²) in [6.45, 7) is 8.39. The number of methoxy groups -OCH3 is 1. The molecule has 0 spiro atoms. The van der Waals surface area contributed by atoms with Crippen LogP contribution in [0.25, 0.3) is 5.82 Å². The van der Waals surface area contributed by atoms with E-state index in [1.54, 1.807) is 23.0 Å². The third kappa shape index (κ3) is 4.78. The Labute approximate surface area is 148 Å². The van der Waals surface area contributed by atoms with Gasteiger partial charge in [0, 0.05) is 12.1 Å². The number of carbonyl (C=O) groups is 1. The van der Waals surface area contributed by atoms with Crippen LogP contribution in [0.2, 0.25) is 0 Å². The Bertz CT molecular complexity index is 694. The van der Waals surface area contributed by atoms with Gasteiger partial charge in [0.1, 0.15) is 0 Å². The van der Waals surface area contributed by atoms with Gasteiger partial charge in [0.2, 0.25) is 5.88 Å². The van der Waals surface area contributed by atoms with Crippen LogP contribution in [0.1, 0.15) is 56.6 Å². The molecular weight excluding hydrogens is 318 g/mol. The van der Waals surface area contributed by atoms with Crippen LogP contribution >= 0.6 is 0 Å². The van der Waals surface area contributed by atoms with Crippen LogP contribution in [-0.2, 0) is 6.42 Å². The second-order valence-electron chi connectivity index (χ2n) is 6.55. The molecule has 0 saturated heterocycles. The van der Waals surface area contributed by atoms with Crippen LogP contribution in [0, 0.1) is 5.92 Å². The quantitative estimate of drug-likeness (QED) is 0.795. The lowest BCUT2D eigenvalue weighted by atomic mass is 10.0. The van der Waals surface area contributed by atoms with Crippen molar-refractivity contribution < 1.29 is 9.53 Å². The molecule has 0 radical (unpaired) electrons. The first-order valence-corrected chi connectivity index (χ1v) is 8.72. The van der Waals surface area contributed by atoms with Crippen molar-refractivity contribution >= 4 is 5.91 Å². The predicted molar refractivity (Wildman–Crippen MR) is 96.1 cm³/mol. The van der Waals surface area contributed by atoms with Gasteiger partial charge in [-0.2, -0.15) is 5.10 Å². The van der Waals surface area contributed by atoms with Crippen molar-refractivity contribution in [1.29, 1.82) is 0 Å². The number of aromatic nitrogens is 4. The van der Waals surface area contributed by atoms with Gasteiger partial charge in [0.05, 0.1) is 24.6 Å². The average molecular weight is 345 g/mol. The molecule has 1 amide bonds. The van der Waals surface area contributed by atoms with Crippen molar-refractivity contribution in [3.63, 3.8) is 0 Å². The Morgan fingerprint density at radius 2 is 2.00 bits per heavy atom. The highest BCUT2D eigenvalue weighted by Crippen LogP contribution is 2.16. The number of hydrogen-bond donors (Lipinski definition) is 1. The van der Waals surface area contributed by atoms with Crippen molar-refractivity contribution in [3.8, 4) is 11.7 Å². The first kappa shape index (κ1) is 18.9. The third-order valence-electron chi connectivity index (χ3n) is 4.06. The summed E-state index contributed by atoms with van der Waals surface area (Å²) in [5.41, 5.74) is 1.39. The van der Waals surface area contributed by atoms with Gasteiger partial charge < -0.3 is 10.1 Å². The van der Waals surface area contributed by atoms with E-state index in [1.807, 2.05) is 13.8 Å². The fourth-order valence-electron chi connectivity index (χ4n) is 2.59. The number of nitrogens with zero attached hydrogens (tertiary/aromatic N) is 4. The molecule has 2 heterocycles.